The Hall–Kier alpha value is -4.88. The molecule has 0 unspecified atom stereocenters. The molecule has 2 aliphatic rings. The molecule has 0 saturated carbocycles. The number of nitrogens with zero attached hydrogens (tertiary/aromatic N) is 3. The van der Waals surface area contributed by atoms with Gasteiger partial charge in [-0.25, -0.2) is 9.59 Å². The predicted molar refractivity (Wildman–Crippen MR) is 180 cm³/mol. The highest BCUT2D eigenvalue weighted by molar-refractivity contribution is 6.05. The molecule has 1 saturated heterocycles. The number of aromatic nitrogens is 1. The van der Waals surface area contributed by atoms with E-state index in [1.807, 2.05) is 18.2 Å². The van der Waals surface area contributed by atoms with Crippen LogP contribution in [0.1, 0.15) is 48.8 Å². The largest absolute Gasteiger partial charge is 0.454 e. The van der Waals surface area contributed by atoms with Crippen molar-refractivity contribution >= 4 is 29.4 Å². The number of anilines is 2. The van der Waals surface area contributed by atoms with Crippen molar-refractivity contribution in [3.63, 3.8) is 0 Å². The van der Waals surface area contributed by atoms with Crippen molar-refractivity contribution in [2.75, 3.05) is 63.4 Å². The van der Waals surface area contributed by atoms with Gasteiger partial charge in [-0.15, -0.1) is 0 Å². The SMILES string of the molecule is CC(C)(C)OC(=O)Nc1ccccc1NC(=O)c1ccc(CN(CCCN2CCOCC2)C(=O)NCCc2ccc3c(c2)OCO3)cn1. The number of para-hydroxylation sites is 2. The number of ether oxygens (including phenoxy) is 4. The first kappa shape index (κ1) is 34.5. The van der Waals surface area contributed by atoms with Crippen LogP contribution < -0.4 is 25.4 Å². The van der Waals surface area contributed by atoms with Gasteiger partial charge in [-0.3, -0.25) is 20.0 Å². The number of carbonyl (C=O) groups excluding carboxylic acids is 3. The van der Waals surface area contributed by atoms with E-state index in [-0.39, 0.29) is 18.5 Å². The van der Waals surface area contributed by atoms with Crippen LogP contribution in [-0.4, -0.2) is 91.1 Å². The van der Waals surface area contributed by atoms with Crippen LogP contribution in [-0.2, 0) is 22.4 Å². The number of fused-ring (bicyclic) bond motifs is 1. The lowest BCUT2D eigenvalue weighted by Gasteiger charge is -2.28. The van der Waals surface area contributed by atoms with Crippen molar-refractivity contribution in [1.29, 1.82) is 0 Å². The summed E-state index contributed by atoms with van der Waals surface area (Å²) in [4.78, 5) is 47.3. The number of morpholine rings is 1. The maximum atomic E-state index is 13.4. The van der Waals surface area contributed by atoms with E-state index in [1.54, 1.807) is 68.3 Å². The molecule has 0 spiro atoms. The molecule has 1 fully saturated rings. The van der Waals surface area contributed by atoms with E-state index < -0.39 is 17.6 Å². The fraction of sp³-hybridized carbons (Fsp3) is 0.429. The van der Waals surface area contributed by atoms with Gasteiger partial charge in [-0.2, -0.15) is 0 Å². The normalized spacial score (nSPS) is 14.2. The fourth-order valence-corrected chi connectivity index (χ4v) is 5.26. The molecule has 0 aliphatic carbocycles. The standard InChI is InChI=1S/C35H44N6O7/c1-35(2,3)48-34(44)39-28-8-5-4-7-27(28)38-32(42)29-11-9-26(22-37-29)23-41(16-6-15-40-17-19-45-20-18-40)33(43)36-14-13-25-10-12-30-31(21-25)47-24-46-30/h4-5,7-12,21-22H,6,13-20,23-24H2,1-3H3,(H,36,43)(H,38,42)(H,39,44). The first-order valence-corrected chi connectivity index (χ1v) is 16.2. The third-order valence-corrected chi connectivity index (χ3v) is 7.66. The minimum absolute atomic E-state index is 0.173. The van der Waals surface area contributed by atoms with E-state index in [4.69, 9.17) is 18.9 Å². The van der Waals surface area contributed by atoms with Gasteiger partial charge in [-0.1, -0.05) is 24.3 Å². The molecule has 13 heteroatoms. The number of hydrogen-bond donors (Lipinski definition) is 3. The summed E-state index contributed by atoms with van der Waals surface area (Å²) in [6, 6.07) is 15.9. The number of hydrogen-bond acceptors (Lipinski definition) is 9. The van der Waals surface area contributed by atoms with Gasteiger partial charge in [0, 0.05) is 45.5 Å². The van der Waals surface area contributed by atoms with E-state index in [9.17, 15) is 14.4 Å². The third kappa shape index (κ3) is 10.3. The lowest BCUT2D eigenvalue weighted by molar-refractivity contribution is 0.0364. The summed E-state index contributed by atoms with van der Waals surface area (Å²) in [7, 11) is 0. The molecule has 3 aromatic rings. The van der Waals surface area contributed by atoms with Gasteiger partial charge in [0.1, 0.15) is 11.3 Å². The first-order valence-electron chi connectivity index (χ1n) is 16.2. The molecule has 256 valence electrons. The van der Waals surface area contributed by atoms with E-state index in [0.717, 1.165) is 61.9 Å². The fourth-order valence-electron chi connectivity index (χ4n) is 5.26. The molecule has 2 aliphatic heterocycles. The lowest BCUT2D eigenvalue weighted by atomic mass is 10.1. The minimum Gasteiger partial charge on any atom is -0.454 e. The maximum Gasteiger partial charge on any atom is 0.412 e. The van der Waals surface area contributed by atoms with Crippen LogP contribution in [0.5, 0.6) is 11.5 Å². The Bertz CT molecular complexity index is 1550. The molecule has 0 atom stereocenters. The van der Waals surface area contributed by atoms with Crippen LogP contribution in [0.15, 0.2) is 60.8 Å². The summed E-state index contributed by atoms with van der Waals surface area (Å²) in [5.41, 5.74) is 2.16. The van der Waals surface area contributed by atoms with E-state index in [2.05, 4.69) is 25.8 Å². The Labute approximate surface area is 280 Å². The zero-order valence-electron chi connectivity index (χ0n) is 27.8. The Balaban J connectivity index is 1.18. The van der Waals surface area contributed by atoms with Crippen LogP contribution in [0.2, 0.25) is 0 Å². The second-order valence-corrected chi connectivity index (χ2v) is 12.6. The highest BCUT2D eigenvalue weighted by Crippen LogP contribution is 2.32. The van der Waals surface area contributed by atoms with Gasteiger partial charge in [0.2, 0.25) is 6.79 Å². The quantitative estimate of drug-likeness (QED) is 0.248. The first-order chi connectivity index (χ1) is 23.1. The molecule has 3 N–H and O–H groups in total. The molecular formula is C35H44N6O7. The van der Waals surface area contributed by atoms with Crippen LogP contribution in [0, 0.1) is 0 Å². The molecular weight excluding hydrogens is 616 g/mol. The Kier molecular flexibility index (Phi) is 11.7. The topological polar surface area (TPSA) is 144 Å². The second-order valence-electron chi connectivity index (χ2n) is 12.6. The molecule has 48 heavy (non-hydrogen) atoms. The molecule has 4 amide bonds. The van der Waals surface area contributed by atoms with Crippen LogP contribution in [0.25, 0.3) is 0 Å². The molecule has 2 aromatic carbocycles. The highest BCUT2D eigenvalue weighted by atomic mass is 16.7. The van der Waals surface area contributed by atoms with Crippen LogP contribution >= 0.6 is 0 Å². The zero-order valence-corrected chi connectivity index (χ0v) is 27.8. The molecule has 13 nitrogen and oxygen atoms in total. The summed E-state index contributed by atoms with van der Waals surface area (Å²) < 4.78 is 21.7. The van der Waals surface area contributed by atoms with Gasteiger partial charge >= 0.3 is 12.1 Å². The summed E-state index contributed by atoms with van der Waals surface area (Å²) >= 11 is 0. The van der Waals surface area contributed by atoms with Crippen LogP contribution in [0.4, 0.5) is 21.0 Å². The van der Waals surface area contributed by atoms with Crippen molar-refractivity contribution in [2.45, 2.75) is 45.8 Å². The smallest absolute Gasteiger partial charge is 0.412 e. The van der Waals surface area contributed by atoms with E-state index in [0.29, 0.717) is 37.4 Å². The average Bonchev–Trinajstić information content (AvgIpc) is 3.53. The Morgan fingerprint density at radius 1 is 0.938 bits per heavy atom. The second kappa shape index (κ2) is 16.3. The third-order valence-electron chi connectivity index (χ3n) is 7.66. The molecule has 0 radical (unpaired) electrons. The van der Waals surface area contributed by atoms with Gasteiger partial charge in [0.25, 0.3) is 5.91 Å². The average molecular weight is 661 g/mol. The summed E-state index contributed by atoms with van der Waals surface area (Å²) in [5, 5.41) is 8.54. The number of amides is 4. The minimum atomic E-state index is -0.666. The zero-order chi connectivity index (χ0) is 33.9. The van der Waals surface area contributed by atoms with Crippen molar-refractivity contribution in [1.82, 2.24) is 20.1 Å². The lowest BCUT2D eigenvalue weighted by Crippen LogP contribution is -2.42. The maximum absolute atomic E-state index is 13.4. The molecule has 1 aromatic heterocycles. The van der Waals surface area contributed by atoms with Crippen molar-refractivity contribution < 1.29 is 33.3 Å². The number of carbonyl (C=O) groups is 3. The van der Waals surface area contributed by atoms with Gasteiger partial charge in [-0.05, 0) is 75.1 Å². The summed E-state index contributed by atoms with van der Waals surface area (Å²) in [5.74, 6) is 1.00. The van der Waals surface area contributed by atoms with Crippen molar-refractivity contribution in [3.05, 3.63) is 77.6 Å². The molecule has 3 heterocycles. The number of pyridine rings is 1. The number of urea groups is 1. The van der Waals surface area contributed by atoms with E-state index in [1.165, 1.54) is 0 Å². The van der Waals surface area contributed by atoms with E-state index >= 15 is 0 Å². The number of benzene rings is 2. The Morgan fingerprint density at radius 2 is 1.67 bits per heavy atom. The Morgan fingerprint density at radius 3 is 2.40 bits per heavy atom. The number of nitrogens with one attached hydrogen (secondary N) is 3. The summed E-state index contributed by atoms with van der Waals surface area (Å²) in [6.07, 6.45) is 2.43. The predicted octanol–water partition coefficient (Wildman–Crippen LogP) is 4.89. The van der Waals surface area contributed by atoms with Crippen molar-refractivity contribution in [2.24, 2.45) is 0 Å². The molecule has 5 rings (SSSR count). The van der Waals surface area contributed by atoms with Crippen molar-refractivity contribution in [3.8, 4) is 11.5 Å². The monoisotopic (exact) mass is 660 g/mol. The van der Waals surface area contributed by atoms with Gasteiger partial charge < -0.3 is 34.5 Å². The van der Waals surface area contributed by atoms with Gasteiger partial charge in [0.15, 0.2) is 11.5 Å². The highest BCUT2D eigenvalue weighted by Gasteiger charge is 2.20. The number of rotatable bonds is 12. The van der Waals surface area contributed by atoms with Crippen LogP contribution in [0.3, 0.4) is 0 Å². The van der Waals surface area contributed by atoms with Gasteiger partial charge in [0.05, 0.1) is 24.6 Å². The molecule has 0 bridgehead atoms. The summed E-state index contributed by atoms with van der Waals surface area (Å²) in [6.45, 7) is 11.0.